The van der Waals surface area contributed by atoms with Crippen LogP contribution in [-0.4, -0.2) is 6.04 Å². The summed E-state index contributed by atoms with van der Waals surface area (Å²) >= 11 is 0. The molecule has 0 radical (unpaired) electrons. The summed E-state index contributed by atoms with van der Waals surface area (Å²) in [5.74, 6) is 0. The van der Waals surface area contributed by atoms with Crippen molar-refractivity contribution < 1.29 is 0 Å². The first kappa shape index (κ1) is 9.28. The first-order valence-electron chi connectivity index (χ1n) is 3.52. The summed E-state index contributed by atoms with van der Waals surface area (Å²) in [4.78, 5) is 0. The van der Waals surface area contributed by atoms with Gasteiger partial charge in [0.1, 0.15) is 0 Å². The van der Waals surface area contributed by atoms with Gasteiger partial charge in [0.05, 0.1) is 0 Å². The van der Waals surface area contributed by atoms with Gasteiger partial charge in [-0.15, -0.1) is 6.58 Å². The minimum Gasteiger partial charge on any atom is -0.385 e. The molecule has 0 aromatic rings. The number of hydrogen-bond donors (Lipinski definition) is 1. The molecular weight excluding hydrogens is 122 g/mol. The molecule has 0 aromatic carbocycles. The van der Waals surface area contributed by atoms with Crippen LogP contribution in [0.2, 0.25) is 0 Å². The Morgan fingerprint density at radius 3 is 1.90 bits per heavy atom. The van der Waals surface area contributed by atoms with Crippen LogP contribution in [0, 0.1) is 5.41 Å². The van der Waals surface area contributed by atoms with Crippen molar-refractivity contribution in [3.05, 3.63) is 25.4 Å². The first-order valence-corrected chi connectivity index (χ1v) is 3.52. The molecule has 1 heteroatoms. The zero-order valence-electron chi connectivity index (χ0n) is 7.15. The lowest BCUT2D eigenvalue weighted by atomic mass is 9.87. The quantitative estimate of drug-likeness (QED) is 0.592. The average Bonchev–Trinajstić information content (AvgIpc) is 1.80. The topological polar surface area (TPSA) is 12.0 Å². The lowest BCUT2D eigenvalue weighted by Gasteiger charge is -2.27. The van der Waals surface area contributed by atoms with Crippen LogP contribution in [-0.2, 0) is 0 Å². The second-order valence-corrected chi connectivity index (χ2v) is 3.45. The van der Waals surface area contributed by atoms with Gasteiger partial charge >= 0.3 is 0 Å². The standard InChI is InChI=1S/C9H17N/c1-6-8(10-7-2)9(3,4)5/h6-8,10H,1-2H2,3-5H3. The summed E-state index contributed by atoms with van der Waals surface area (Å²) in [7, 11) is 0. The van der Waals surface area contributed by atoms with E-state index in [4.69, 9.17) is 0 Å². The van der Waals surface area contributed by atoms with Gasteiger partial charge in [0.2, 0.25) is 0 Å². The maximum Gasteiger partial charge on any atom is 0.0484 e. The van der Waals surface area contributed by atoms with E-state index < -0.39 is 0 Å². The molecule has 0 rings (SSSR count). The molecule has 10 heavy (non-hydrogen) atoms. The highest BCUT2D eigenvalue weighted by molar-refractivity contribution is 4.96. The van der Waals surface area contributed by atoms with Crippen LogP contribution < -0.4 is 5.32 Å². The summed E-state index contributed by atoms with van der Waals surface area (Å²) in [6, 6.07) is 0.310. The molecule has 0 heterocycles. The summed E-state index contributed by atoms with van der Waals surface area (Å²) in [5, 5.41) is 3.12. The summed E-state index contributed by atoms with van der Waals surface area (Å²) in [5.41, 5.74) is 0.218. The lowest BCUT2D eigenvalue weighted by molar-refractivity contribution is 0.337. The van der Waals surface area contributed by atoms with Crippen LogP contribution in [0.15, 0.2) is 25.4 Å². The average molecular weight is 139 g/mol. The molecule has 58 valence electrons. The van der Waals surface area contributed by atoms with Crippen molar-refractivity contribution >= 4 is 0 Å². The van der Waals surface area contributed by atoms with Gasteiger partial charge in [-0.05, 0) is 11.6 Å². The summed E-state index contributed by atoms with van der Waals surface area (Å²) in [6.45, 7) is 13.8. The maximum atomic E-state index is 3.74. The van der Waals surface area contributed by atoms with Crippen LogP contribution in [0.4, 0.5) is 0 Å². The number of rotatable bonds is 3. The smallest absolute Gasteiger partial charge is 0.0484 e. The van der Waals surface area contributed by atoms with Gasteiger partial charge in [-0.3, -0.25) is 0 Å². The van der Waals surface area contributed by atoms with Crippen LogP contribution in [0.1, 0.15) is 20.8 Å². The molecule has 0 aromatic heterocycles. The Balaban J connectivity index is 4.05. The molecular formula is C9H17N. The molecule has 0 aliphatic rings. The highest BCUT2D eigenvalue weighted by atomic mass is 14.9. The van der Waals surface area contributed by atoms with Gasteiger partial charge in [-0.1, -0.05) is 33.4 Å². The van der Waals surface area contributed by atoms with Crippen molar-refractivity contribution in [2.45, 2.75) is 26.8 Å². The van der Waals surface area contributed by atoms with Gasteiger partial charge in [0.15, 0.2) is 0 Å². The molecule has 1 N–H and O–H groups in total. The second kappa shape index (κ2) is 3.45. The zero-order valence-corrected chi connectivity index (χ0v) is 7.15. The number of hydrogen-bond acceptors (Lipinski definition) is 1. The van der Waals surface area contributed by atoms with Gasteiger partial charge < -0.3 is 5.32 Å². The van der Waals surface area contributed by atoms with Crippen LogP contribution in [0.5, 0.6) is 0 Å². The van der Waals surface area contributed by atoms with Gasteiger partial charge in [-0.25, -0.2) is 0 Å². The highest BCUT2D eigenvalue weighted by Gasteiger charge is 2.19. The van der Waals surface area contributed by atoms with Crippen molar-refractivity contribution in [3.8, 4) is 0 Å². The lowest BCUT2D eigenvalue weighted by Crippen LogP contribution is -2.35. The van der Waals surface area contributed by atoms with Crippen LogP contribution >= 0.6 is 0 Å². The Hall–Kier alpha value is -0.720. The van der Waals surface area contributed by atoms with E-state index in [2.05, 4.69) is 39.2 Å². The van der Waals surface area contributed by atoms with E-state index in [1.54, 1.807) is 6.20 Å². The second-order valence-electron chi connectivity index (χ2n) is 3.45. The van der Waals surface area contributed by atoms with E-state index in [9.17, 15) is 0 Å². The first-order chi connectivity index (χ1) is 4.52. The predicted octanol–water partition coefficient (Wildman–Crippen LogP) is 2.32. The molecule has 0 aliphatic carbocycles. The van der Waals surface area contributed by atoms with Crippen molar-refractivity contribution in [3.63, 3.8) is 0 Å². The van der Waals surface area contributed by atoms with Crippen LogP contribution in [0.3, 0.4) is 0 Å². The molecule has 0 saturated heterocycles. The van der Waals surface area contributed by atoms with E-state index >= 15 is 0 Å². The molecule has 1 atom stereocenters. The van der Waals surface area contributed by atoms with E-state index in [-0.39, 0.29) is 5.41 Å². The van der Waals surface area contributed by atoms with E-state index in [0.29, 0.717) is 6.04 Å². The Kier molecular flexibility index (Phi) is 3.20. The Morgan fingerprint density at radius 2 is 1.80 bits per heavy atom. The van der Waals surface area contributed by atoms with Gasteiger partial charge in [-0.2, -0.15) is 0 Å². The maximum absolute atomic E-state index is 3.74. The van der Waals surface area contributed by atoms with E-state index in [1.807, 2.05) is 6.08 Å². The predicted molar refractivity (Wildman–Crippen MR) is 46.8 cm³/mol. The fourth-order valence-electron chi connectivity index (χ4n) is 0.799. The Morgan fingerprint density at radius 1 is 1.30 bits per heavy atom. The Bertz CT molecular complexity index is 119. The van der Waals surface area contributed by atoms with Crippen molar-refractivity contribution in [1.29, 1.82) is 0 Å². The molecule has 0 fully saturated rings. The minimum absolute atomic E-state index is 0.218. The third-order valence-corrected chi connectivity index (χ3v) is 1.47. The zero-order chi connectivity index (χ0) is 8.20. The molecule has 0 bridgehead atoms. The summed E-state index contributed by atoms with van der Waals surface area (Å²) in [6.07, 6.45) is 3.61. The molecule has 0 saturated carbocycles. The minimum atomic E-state index is 0.218. The molecule has 0 spiro atoms. The van der Waals surface area contributed by atoms with Crippen molar-refractivity contribution in [2.24, 2.45) is 5.41 Å². The largest absolute Gasteiger partial charge is 0.385 e. The monoisotopic (exact) mass is 139 g/mol. The van der Waals surface area contributed by atoms with Gasteiger partial charge in [0.25, 0.3) is 0 Å². The Labute approximate surface area is 63.8 Å². The number of nitrogens with one attached hydrogen (secondary N) is 1. The summed E-state index contributed by atoms with van der Waals surface area (Å²) < 4.78 is 0. The molecule has 0 aliphatic heterocycles. The van der Waals surface area contributed by atoms with E-state index in [0.717, 1.165) is 0 Å². The molecule has 1 nitrogen and oxygen atoms in total. The third-order valence-electron chi connectivity index (χ3n) is 1.47. The normalized spacial score (nSPS) is 13.9. The fourth-order valence-corrected chi connectivity index (χ4v) is 0.799. The highest BCUT2D eigenvalue weighted by Crippen LogP contribution is 2.19. The SMILES string of the molecule is C=CNC(C=C)C(C)(C)C. The van der Waals surface area contributed by atoms with Gasteiger partial charge in [0, 0.05) is 6.04 Å². The van der Waals surface area contributed by atoms with Crippen molar-refractivity contribution in [2.75, 3.05) is 0 Å². The fraction of sp³-hybridized carbons (Fsp3) is 0.556. The van der Waals surface area contributed by atoms with E-state index in [1.165, 1.54) is 0 Å². The molecule has 0 amide bonds. The third kappa shape index (κ3) is 2.72. The van der Waals surface area contributed by atoms with Crippen LogP contribution in [0.25, 0.3) is 0 Å². The van der Waals surface area contributed by atoms with Crippen molar-refractivity contribution in [1.82, 2.24) is 5.32 Å². The molecule has 1 unspecified atom stereocenters.